The van der Waals surface area contributed by atoms with Gasteiger partial charge in [0.2, 0.25) is 0 Å². The van der Waals surface area contributed by atoms with E-state index in [1.165, 1.54) is 13.2 Å². The highest BCUT2D eigenvalue weighted by atomic mass is 16.6. The molecule has 2 aromatic rings. The van der Waals surface area contributed by atoms with Gasteiger partial charge in [0.1, 0.15) is 0 Å². The molecule has 0 atom stereocenters. The summed E-state index contributed by atoms with van der Waals surface area (Å²) < 4.78 is 5.02. The van der Waals surface area contributed by atoms with Crippen LogP contribution in [-0.4, -0.2) is 18.6 Å². The van der Waals surface area contributed by atoms with Crippen molar-refractivity contribution in [3.63, 3.8) is 0 Å². The smallest absolute Gasteiger partial charge is 0.312 e. The van der Waals surface area contributed by atoms with Crippen LogP contribution >= 0.6 is 0 Å². The van der Waals surface area contributed by atoms with E-state index < -0.39 is 4.92 Å². The highest BCUT2D eigenvalue weighted by Gasteiger charge is 2.18. The zero-order valence-electron chi connectivity index (χ0n) is 12.1. The first-order valence-corrected chi connectivity index (χ1v) is 6.69. The third-order valence-electron chi connectivity index (χ3n) is 3.19. The molecule has 0 saturated carbocycles. The van der Waals surface area contributed by atoms with Gasteiger partial charge in [-0.25, -0.2) is 0 Å². The molecular weight excluding hydrogens is 282 g/mol. The fourth-order valence-electron chi connectivity index (χ4n) is 2.17. The second-order valence-electron chi connectivity index (χ2n) is 4.51. The van der Waals surface area contributed by atoms with Gasteiger partial charge in [0.05, 0.1) is 24.5 Å². The number of nitro groups is 1. The third kappa shape index (κ3) is 3.33. The molecule has 112 valence electrons. The zero-order valence-corrected chi connectivity index (χ0v) is 12.1. The van der Waals surface area contributed by atoms with Crippen LogP contribution in [0.2, 0.25) is 0 Å². The van der Waals surface area contributed by atoms with E-state index in [0.717, 1.165) is 5.69 Å². The number of nitriles is 1. The quantitative estimate of drug-likeness (QED) is 0.600. The predicted molar refractivity (Wildman–Crippen MR) is 83.3 cm³/mol. The van der Waals surface area contributed by atoms with Gasteiger partial charge in [-0.05, 0) is 24.3 Å². The lowest BCUT2D eigenvalue weighted by molar-refractivity contribution is -0.385. The molecule has 0 aliphatic heterocycles. The summed E-state index contributed by atoms with van der Waals surface area (Å²) in [6.07, 6.45) is 0.314. The van der Waals surface area contributed by atoms with Crippen molar-refractivity contribution in [3.8, 4) is 11.8 Å². The van der Waals surface area contributed by atoms with Gasteiger partial charge in [-0.15, -0.1) is 0 Å². The van der Waals surface area contributed by atoms with Crippen LogP contribution in [0.25, 0.3) is 0 Å². The van der Waals surface area contributed by atoms with Gasteiger partial charge in [0.25, 0.3) is 0 Å². The highest BCUT2D eigenvalue weighted by molar-refractivity contribution is 5.68. The fourth-order valence-corrected chi connectivity index (χ4v) is 2.17. The van der Waals surface area contributed by atoms with Crippen LogP contribution in [0.15, 0.2) is 48.5 Å². The van der Waals surface area contributed by atoms with Crippen LogP contribution in [0.3, 0.4) is 0 Å². The van der Waals surface area contributed by atoms with Gasteiger partial charge >= 0.3 is 5.69 Å². The molecule has 0 radical (unpaired) electrons. The minimum Gasteiger partial charge on any atom is -0.490 e. The van der Waals surface area contributed by atoms with Crippen LogP contribution in [0.5, 0.6) is 5.75 Å². The van der Waals surface area contributed by atoms with Gasteiger partial charge in [-0.3, -0.25) is 10.1 Å². The average Bonchev–Trinajstić information content (AvgIpc) is 2.56. The number of rotatable bonds is 6. The number of anilines is 2. The Morgan fingerprint density at radius 1 is 1.23 bits per heavy atom. The van der Waals surface area contributed by atoms with Crippen molar-refractivity contribution in [1.29, 1.82) is 5.26 Å². The van der Waals surface area contributed by atoms with Crippen LogP contribution in [0.1, 0.15) is 6.42 Å². The summed E-state index contributed by atoms with van der Waals surface area (Å²) in [6, 6.07) is 16.3. The van der Waals surface area contributed by atoms with E-state index in [1.54, 1.807) is 12.1 Å². The Bertz CT molecular complexity index is 696. The number of benzene rings is 2. The molecule has 0 spiro atoms. The number of nitrogens with zero attached hydrogens (tertiary/aromatic N) is 3. The number of ether oxygens (including phenoxy) is 1. The Balaban J connectivity index is 2.46. The van der Waals surface area contributed by atoms with Crippen LogP contribution in [-0.2, 0) is 0 Å². The summed E-state index contributed by atoms with van der Waals surface area (Å²) in [7, 11) is 1.40. The number of nitro benzene ring substituents is 1. The van der Waals surface area contributed by atoms with Gasteiger partial charge in [-0.2, -0.15) is 5.26 Å². The van der Waals surface area contributed by atoms with Gasteiger partial charge < -0.3 is 9.64 Å². The van der Waals surface area contributed by atoms with E-state index in [0.29, 0.717) is 18.7 Å². The van der Waals surface area contributed by atoms with Crippen molar-refractivity contribution >= 4 is 17.1 Å². The molecule has 0 heterocycles. The molecule has 0 N–H and O–H groups in total. The Morgan fingerprint density at radius 3 is 2.55 bits per heavy atom. The molecule has 2 rings (SSSR count). The van der Waals surface area contributed by atoms with E-state index in [1.807, 2.05) is 35.2 Å². The normalized spacial score (nSPS) is 9.82. The van der Waals surface area contributed by atoms with E-state index in [-0.39, 0.29) is 11.4 Å². The molecule has 0 saturated heterocycles. The molecule has 0 amide bonds. The molecule has 22 heavy (non-hydrogen) atoms. The van der Waals surface area contributed by atoms with Crippen molar-refractivity contribution in [2.24, 2.45) is 0 Å². The SMILES string of the molecule is COc1ccc(N(CCC#N)c2ccccc2)cc1[N+](=O)[O-]. The number of hydrogen-bond donors (Lipinski definition) is 0. The van der Waals surface area contributed by atoms with Crippen LogP contribution < -0.4 is 9.64 Å². The van der Waals surface area contributed by atoms with E-state index in [2.05, 4.69) is 6.07 Å². The zero-order chi connectivity index (χ0) is 15.9. The number of para-hydroxylation sites is 1. The molecule has 0 aliphatic rings. The second kappa shape index (κ2) is 7.09. The summed E-state index contributed by atoms with van der Waals surface area (Å²) in [4.78, 5) is 12.6. The van der Waals surface area contributed by atoms with Crippen molar-refractivity contribution < 1.29 is 9.66 Å². The molecule has 6 heteroatoms. The van der Waals surface area contributed by atoms with Crippen molar-refractivity contribution in [1.82, 2.24) is 0 Å². The molecule has 0 aromatic heterocycles. The summed E-state index contributed by atoms with van der Waals surface area (Å²) in [5, 5.41) is 20.0. The maximum atomic E-state index is 11.2. The molecule has 0 fully saturated rings. The van der Waals surface area contributed by atoms with E-state index in [4.69, 9.17) is 10.00 Å². The maximum Gasteiger partial charge on any atom is 0.312 e. The standard InChI is InChI=1S/C16H15N3O3/c1-22-16-9-8-14(12-15(16)19(20)21)18(11-5-10-17)13-6-3-2-4-7-13/h2-4,6-9,12H,5,11H2,1H3. The minimum atomic E-state index is -0.476. The van der Waals surface area contributed by atoms with Crippen molar-refractivity contribution in [2.75, 3.05) is 18.6 Å². The Morgan fingerprint density at radius 2 is 1.95 bits per heavy atom. The Labute approximate surface area is 128 Å². The second-order valence-corrected chi connectivity index (χ2v) is 4.51. The van der Waals surface area contributed by atoms with Crippen LogP contribution in [0.4, 0.5) is 17.1 Å². The van der Waals surface area contributed by atoms with Gasteiger partial charge in [0.15, 0.2) is 5.75 Å². The molecule has 6 nitrogen and oxygen atoms in total. The van der Waals surface area contributed by atoms with Crippen molar-refractivity contribution in [3.05, 3.63) is 58.6 Å². The first kappa shape index (κ1) is 15.3. The number of methoxy groups -OCH3 is 1. The maximum absolute atomic E-state index is 11.2. The molecular formula is C16H15N3O3. The molecule has 0 bridgehead atoms. The highest BCUT2D eigenvalue weighted by Crippen LogP contribution is 2.34. The first-order valence-electron chi connectivity index (χ1n) is 6.69. The van der Waals surface area contributed by atoms with Gasteiger partial charge in [0, 0.05) is 24.0 Å². The lowest BCUT2D eigenvalue weighted by Gasteiger charge is -2.24. The van der Waals surface area contributed by atoms with E-state index >= 15 is 0 Å². The molecule has 2 aromatic carbocycles. The summed E-state index contributed by atoms with van der Waals surface area (Å²) in [6.45, 7) is 0.448. The van der Waals surface area contributed by atoms with Crippen LogP contribution in [0, 0.1) is 21.4 Å². The summed E-state index contributed by atoms with van der Waals surface area (Å²) in [5.41, 5.74) is 1.42. The Hall–Kier alpha value is -3.07. The van der Waals surface area contributed by atoms with E-state index in [9.17, 15) is 10.1 Å². The largest absolute Gasteiger partial charge is 0.490 e. The molecule has 0 aliphatic carbocycles. The fraction of sp³-hybridized carbons (Fsp3) is 0.188. The lowest BCUT2D eigenvalue weighted by atomic mass is 10.2. The predicted octanol–water partition coefficient (Wildman–Crippen LogP) is 3.66. The lowest BCUT2D eigenvalue weighted by Crippen LogP contribution is -2.18. The topological polar surface area (TPSA) is 79.4 Å². The third-order valence-corrected chi connectivity index (χ3v) is 3.19. The minimum absolute atomic E-state index is 0.0992. The molecule has 0 unspecified atom stereocenters. The monoisotopic (exact) mass is 297 g/mol. The first-order chi connectivity index (χ1) is 10.7. The van der Waals surface area contributed by atoms with Crippen molar-refractivity contribution in [2.45, 2.75) is 6.42 Å². The summed E-state index contributed by atoms with van der Waals surface area (Å²) >= 11 is 0. The average molecular weight is 297 g/mol. The van der Waals surface area contributed by atoms with Gasteiger partial charge in [-0.1, -0.05) is 18.2 Å². The number of hydrogen-bond acceptors (Lipinski definition) is 5. The summed E-state index contributed by atoms with van der Waals surface area (Å²) in [5.74, 6) is 0.210. The Kier molecular flexibility index (Phi) is 4.94.